The summed E-state index contributed by atoms with van der Waals surface area (Å²) < 4.78 is 0. The lowest BCUT2D eigenvalue weighted by molar-refractivity contribution is 0.378. The van der Waals surface area contributed by atoms with E-state index in [0.29, 0.717) is 5.92 Å². The van der Waals surface area contributed by atoms with Gasteiger partial charge in [-0.25, -0.2) is 4.98 Å². The molecule has 0 saturated heterocycles. The number of aromatic nitrogens is 1. The highest BCUT2D eigenvalue weighted by Crippen LogP contribution is 2.37. The lowest BCUT2D eigenvalue weighted by Gasteiger charge is -2.23. The third-order valence-corrected chi connectivity index (χ3v) is 5.31. The summed E-state index contributed by atoms with van der Waals surface area (Å²) >= 11 is 1.82. The van der Waals surface area contributed by atoms with Crippen LogP contribution < -0.4 is 5.73 Å². The molecule has 2 N–H and O–H groups in total. The first-order valence-corrected chi connectivity index (χ1v) is 8.56. The molecule has 2 rings (SSSR count). The maximum Gasteiger partial charge on any atom is 0.0974 e. The molecule has 0 spiro atoms. The van der Waals surface area contributed by atoms with Crippen LogP contribution in [0.25, 0.3) is 0 Å². The van der Waals surface area contributed by atoms with Crippen LogP contribution in [-0.2, 0) is 5.41 Å². The zero-order chi connectivity index (χ0) is 13.9. The number of rotatable bonds is 3. The van der Waals surface area contributed by atoms with Gasteiger partial charge in [0.05, 0.1) is 10.7 Å². The Balaban J connectivity index is 2.14. The SMILES string of the molecule is CC(C)(C)c1csc(C(CN)C2CCCCCC2)n1. The van der Waals surface area contributed by atoms with Gasteiger partial charge in [-0.3, -0.25) is 0 Å². The van der Waals surface area contributed by atoms with Crippen molar-refractivity contribution < 1.29 is 0 Å². The van der Waals surface area contributed by atoms with E-state index >= 15 is 0 Å². The molecule has 1 unspecified atom stereocenters. The van der Waals surface area contributed by atoms with Gasteiger partial charge in [0, 0.05) is 23.3 Å². The molecule has 3 heteroatoms. The van der Waals surface area contributed by atoms with Crippen LogP contribution >= 0.6 is 11.3 Å². The van der Waals surface area contributed by atoms with E-state index in [2.05, 4.69) is 26.2 Å². The Hall–Kier alpha value is -0.410. The minimum Gasteiger partial charge on any atom is -0.330 e. The summed E-state index contributed by atoms with van der Waals surface area (Å²) in [7, 11) is 0. The van der Waals surface area contributed by atoms with Crippen molar-refractivity contribution in [3.05, 3.63) is 16.1 Å². The van der Waals surface area contributed by atoms with E-state index in [9.17, 15) is 0 Å². The van der Waals surface area contributed by atoms with E-state index in [1.54, 1.807) is 0 Å². The van der Waals surface area contributed by atoms with Crippen molar-refractivity contribution in [1.29, 1.82) is 0 Å². The number of hydrogen-bond donors (Lipinski definition) is 1. The summed E-state index contributed by atoms with van der Waals surface area (Å²) in [6.45, 7) is 7.45. The Bertz CT molecular complexity index is 384. The molecule has 0 radical (unpaired) electrons. The molecule has 1 atom stereocenters. The fourth-order valence-electron chi connectivity index (χ4n) is 3.01. The average molecular weight is 280 g/mol. The summed E-state index contributed by atoms with van der Waals surface area (Å²) in [4.78, 5) is 4.90. The molecule has 1 aliphatic carbocycles. The van der Waals surface area contributed by atoms with Crippen molar-refractivity contribution in [3.8, 4) is 0 Å². The van der Waals surface area contributed by atoms with Gasteiger partial charge in [-0.15, -0.1) is 11.3 Å². The molecule has 1 heterocycles. The van der Waals surface area contributed by atoms with Gasteiger partial charge in [-0.05, 0) is 18.8 Å². The monoisotopic (exact) mass is 280 g/mol. The van der Waals surface area contributed by atoms with Crippen LogP contribution in [-0.4, -0.2) is 11.5 Å². The van der Waals surface area contributed by atoms with Crippen LogP contribution in [0.5, 0.6) is 0 Å². The van der Waals surface area contributed by atoms with Crippen molar-refractivity contribution in [3.63, 3.8) is 0 Å². The third-order valence-electron chi connectivity index (χ3n) is 4.33. The molecule has 108 valence electrons. The van der Waals surface area contributed by atoms with E-state index in [4.69, 9.17) is 10.7 Å². The van der Waals surface area contributed by atoms with Gasteiger partial charge < -0.3 is 5.73 Å². The summed E-state index contributed by atoms with van der Waals surface area (Å²) in [5, 5.41) is 3.51. The van der Waals surface area contributed by atoms with E-state index in [1.807, 2.05) is 11.3 Å². The van der Waals surface area contributed by atoms with Gasteiger partial charge in [0.25, 0.3) is 0 Å². The lowest BCUT2D eigenvalue weighted by atomic mass is 9.86. The van der Waals surface area contributed by atoms with Crippen molar-refractivity contribution in [2.24, 2.45) is 11.7 Å². The zero-order valence-corrected chi connectivity index (χ0v) is 13.4. The molecule has 0 aromatic carbocycles. The predicted octanol–water partition coefficient (Wildman–Crippen LogP) is 4.45. The highest BCUT2D eigenvalue weighted by molar-refractivity contribution is 7.09. The van der Waals surface area contributed by atoms with Crippen LogP contribution in [0.2, 0.25) is 0 Å². The molecule has 1 aromatic heterocycles. The van der Waals surface area contributed by atoms with E-state index in [1.165, 1.54) is 49.2 Å². The van der Waals surface area contributed by atoms with Crippen molar-refractivity contribution >= 4 is 11.3 Å². The largest absolute Gasteiger partial charge is 0.330 e. The van der Waals surface area contributed by atoms with Crippen LogP contribution in [0, 0.1) is 5.92 Å². The fourth-order valence-corrected chi connectivity index (χ4v) is 4.26. The van der Waals surface area contributed by atoms with Gasteiger partial charge >= 0.3 is 0 Å². The maximum atomic E-state index is 6.07. The first-order valence-electron chi connectivity index (χ1n) is 7.68. The first kappa shape index (κ1) is 15.0. The predicted molar refractivity (Wildman–Crippen MR) is 83.8 cm³/mol. The van der Waals surface area contributed by atoms with Gasteiger partial charge in [0.2, 0.25) is 0 Å². The van der Waals surface area contributed by atoms with Gasteiger partial charge in [0.1, 0.15) is 0 Å². The molecule has 1 aliphatic rings. The quantitative estimate of drug-likeness (QED) is 0.831. The fraction of sp³-hybridized carbons (Fsp3) is 0.812. The molecule has 0 aliphatic heterocycles. The molecular formula is C16H28N2S. The molecule has 1 saturated carbocycles. The van der Waals surface area contributed by atoms with Crippen LogP contribution in [0.1, 0.15) is 75.9 Å². The summed E-state index contributed by atoms with van der Waals surface area (Å²) in [5.74, 6) is 1.24. The van der Waals surface area contributed by atoms with Crippen molar-refractivity contribution in [2.75, 3.05) is 6.54 Å². The third kappa shape index (κ3) is 3.79. The minimum atomic E-state index is 0.150. The van der Waals surface area contributed by atoms with Crippen LogP contribution in [0.4, 0.5) is 0 Å². The van der Waals surface area contributed by atoms with Crippen molar-refractivity contribution in [2.45, 2.75) is 70.6 Å². The van der Waals surface area contributed by atoms with E-state index < -0.39 is 0 Å². The van der Waals surface area contributed by atoms with E-state index in [0.717, 1.165) is 12.5 Å². The van der Waals surface area contributed by atoms with Crippen molar-refractivity contribution in [1.82, 2.24) is 4.98 Å². The Morgan fingerprint density at radius 3 is 2.37 bits per heavy atom. The standard InChI is InChI=1S/C16H28N2S/c1-16(2,3)14-11-19-15(18-14)13(10-17)12-8-6-4-5-7-9-12/h11-13H,4-10,17H2,1-3H3. The number of thiazole rings is 1. The topological polar surface area (TPSA) is 38.9 Å². The molecule has 2 nitrogen and oxygen atoms in total. The molecule has 19 heavy (non-hydrogen) atoms. The second kappa shape index (κ2) is 6.36. The normalized spacial score (nSPS) is 20.2. The molecule has 0 bridgehead atoms. The highest BCUT2D eigenvalue weighted by atomic mass is 32.1. The summed E-state index contributed by atoms with van der Waals surface area (Å²) in [5.41, 5.74) is 7.44. The second-order valence-corrected chi connectivity index (χ2v) is 7.80. The van der Waals surface area contributed by atoms with Gasteiger partial charge in [-0.2, -0.15) is 0 Å². The number of nitrogens with zero attached hydrogens (tertiary/aromatic N) is 1. The van der Waals surface area contributed by atoms with Gasteiger partial charge in [-0.1, -0.05) is 46.5 Å². The molecular weight excluding hydrogens is 252 g/mol. The lowest BCUT2D eigenvalue weighted by Crippen LogP contribution is -2.22. The molecule has 1 aromatic rings. The average Bonchev–Trinajstić information content (AvgIpc) is 2.68. The first-order chi connectivity index (χ1) is 9.02. The Labute approximate surface area is 121 Å². The van der Waals surface area contributed by atoms with Crippen LogP contribution in [0.15, 0.2) is 5.38 Å². The summed E-state index contributed by atoms with van der Waals surface area (Å²) in [6, 6.07) is 0. The Morgan fingerprint density at radius 2 is 1.89 bits per heavy atom. The zero-order valence-electron chi connectivity index (χ0n) is 12.6. The Kier molecular flexibility index (Phi) is 5.02. The molecule has 0 amide bonds. The highest BCUT2D eigenvalue weighted by Gasteiger charge is 2.27. The van der Waals surface area contributed by atoms with Crippen LogP contribution in [0.3, 0.4) is 0 Å². The maximum absolute atomic E-state index is 6.07. The minimum absolute atomic E-state index is 0.150. The Morgan fingerprint density at radius 1 is 1.26 bits per heavy atom. The number of hydrogen-bond acceptors (Lipinski definition) is 3. The number of nitrogens with two attached hydrogens (primary N) is 1. The second-order valence-electron chi connectivity index (χ2n) is 6.91. The smallest absolute Gasteiger partial charge is 0.0974 e. The molecule has 1 fully saturated rings. The summed E-state index contributed by atoms with van der Waals surface area (Å²) in [6.07, 6.45) is 8.23. The van der Waals surface area contributed by atoms with E-state index in [-0.39, 0.29) is 5.41 Å². The van der Waals surface area contributed by atoms with Gasteiger partial charge in [0.15, 0.2) is 0 Å².